The van der Waals surface area contributed by atoms with Gasteiger partial charge in [0.2, 0.25) is 0 Å². The Morgan fingerprint density at radius 1 is 1.12 bits per heavy atom. The third-order valence-electron chi connectivity index (χ3n) is 3.53. The van der Waals surface area contributed by atoms with Crippen molar-refractivity contribution in [1.29, 1.82) is 0 Å². The van der Waals surface area contributed by atoms with E-state index in [9.17, 15) is 22.8 Å². The van der Waals surface area contributed by atoms with E-state index in [1.165, 1.54) is 36.7 Å². The first-order valence-corrected chi connectivity index (χ1v) is 7.26. The maximum atomic E-state index is 12.9. The molecule has 0 unspecified atom stereocenters. The molecule has 1 aromatic carbocycles. The zero-order valence-electron chi connectivity index (χ0n) is 12.7. The first-order valence-electron chi connectivity index (χ1n) is 7.26. The zero-order valence-corrected chi connectivity index (χ0v) is 12.7. The zero-order chi connectivity index (χ0) is 18.0. The Hall–Kier alpha value is -3.16. The second kappa shape index (κ2) is 6.39. The molecule has 0 saturated heterocycles. The lowest BCUT2D eigenvalue weighted by molar-refractivity contribution is -0.141. The average molecular weight is 347 g/mol. The van der Waals surface area contributed by atoms with Crippen LogP contribution in [-0.4, -0.2) is 21.6 Å². The standard InChI is InChI=1S/C17H12F3N3O2/c18-17(19,20)10-23-14(15(24)22-12-5-7-21-8-6-12)9-11-3-1-2-4-13(11)16(23)25/h1-9H,10H2,(H,21,22,24). The highest BCUT2D eigenvalue weighted by atomic mass is 19.4. The second-order valence-corrected chi connectivity index (χ2v) is 5.31. The van der Waals surface area contributed by atoms with Gasteiger partial charge in [-0.05, 0) is 29.7 Å². The Bertz CT molecular complexity index is 982. The molecule has 2 aromatic heterocycles. The normalized spacial score (nSPS) is 11.5. The number of carbonyl (C=O) groups excluding carboxylic acids is 1. The van der Waals surface area contributed by atoms with E-state index in [1.807, 2.05) is 0 Å². The number of fused-ring (bicyclic) bond motifs is 1. The van der Waals surface area contributed by atoms with E-state index >= 15 is 0 Å². The van der Waals surface area contributed by atoms with Gasteiger partial charge in [0, 0.05) is 23.5 Å². The van der Waals surface area contributed by atoms with E-state index < -0.39 is 24.2 Å². The molecular weight excluding hydrogens is 335 g/mol. The number of amides is 1. The van der Waals surface area contributed by atoms with Gasteiger partial charge in [-0.3, -0.25) is 19.1 Å². The van der Waals surface area contributed by atoms with Gasteiger partial charge in [-0.25, -0.2) is 0 Å². The predicted molar refractivity (Wildman–Crippen MR) is 86.5 cm³/mol. The van der Waals surface area contributed by atoms with Crippen molar-refractivity contribution in [3.63, 3.8) is 0 Å². The molecule has 0 aliphatic heterocycles. The second-order valence-electron chi connectivity index (χ2n) is 5.31. The number of rotatable bonds is 3. The van der Waals surface area contributed by atoms with Crippen LogP contribution in [0.25, 0.3) is 10.8 Å². The third kappa shape index (κ3) is 3.68. The minimum atomic E-state index is -4.64. The van der Waals surface area contributed by atoms with Crippen molar-refractivity contribution in [2.75, 3.05) is 5.32 Å². The van der Waals surface area contributed by atoms with Gasteiger partial charge >= 0.3 is 6.18 Å². The fraction of sp³-hybridized carbons (Fsp3) is 0.118. The summed E-state index contributed by atoms with van der Waals surface area (Å²) in [4.78, 5) is 28.7. The molecule has 0 atom stereocenters. The van der Waals surface area contributed by atoms with Crippen LogP contribution in [0.3, 0.4) is 0 Å². The number of hydrogen-bond donors (Lipinski definition) is 1. The fourth-order valence-corrected chi connectivity index (χ4v) is 2.45. The van der Waals surface area contributed by atoms with Crippen molar-refractivity contribution in [2.45, 2.75) is 12.7 Å². The smallest absolute Gasteiger partial charge is 0.321 e. The minimum absolute atomic E-state index is 0.118. The molecule has 0 aliphatic rings. The largest absolute Gasteiger partial charge is 0.406 e. The Labute approximate surface area is 139 Å². The van der Waals surface area contributed by atoms with Gasteiger partial charge in [0.1, 0.15) is 12.2 Å². The van der Waals surface area contributed by atoms with Crippen LogP contribution in [0.2, 0.25) is 0 Å². The minimum Gasteiger partial charge on any atom is -0.321 e. The van der Waals surface area contributed by atoms with E-state index in [-0.39, 0.29) is 11.1 Å². The molecule has 1 amide bonds. The summed E-state index contributed by atoms with van der Waals surface area (Å²) in [5.41, 5.74) is -0.868. The maximum Gasteiger partial charge on any atom is 0.406 e. The Balaban J connectivity index is 2.13. The quantitative estimate of drug-likeness (QED) is 0.791. The van der Waals surface area contributed by atoms with Crippen LogP contribution in [-0.2, 0) is 6.54 Å². The highest BCUT2D eigenvalue weighted by Crippen LogP contribution is 2.20. The van der Waals surface area contributed by atoms with Crippen molar-refractivity contribution in [3.05, 3.63) is 70.9 Å². The van der Waals surface area contributed by atoms with Crippen LogP contribution in [0.5, 0.6) is 0 Å². The fourth-order valence-electron chi connectivity index (χ4n) is 2.45. The summed E-state index contributed by atoms with van der Waals surface area (Å²) in [5.74, 6) is -0.807. The summed E-state index contributed by atoms with van der Waals surface area (Å²) in [5, 5.41) is 2.98. The summed E-state index contributed by atoms with van der Waals surface area (Å²) < 4.78 is 39.1. The van der Waals surface area contributed by atoms with Crippen molar-refractivity contribution < 1.29 is 18.0 Å². The number of benzene rings is 1. The van der Waals surface area contributed by atoms with E-state index in [0.717, 1.165) is 0 Å². The number of nitrogens with zero attached hydrogens (tertiary/aromatic N) is 2. The Morgan fingerprint density at radius 2 is 1.80 bits per heavy atom. The van der Waals surface area contributed by atoms with Gasteiger partial charge in [-0.15, -0.1) is 0 Å². The summed E-state index contributed by atoms with van der Waals surface area (Å²) in [7, 11) is 0. The molecular formula is C17H12F3N3O2. The molecule has 2 heterocycles. The molecule has 5 nitrogen and oxygen atoms in total. The summed E-state index contributed by atoms with van der Waals surface area (Å²) in [6.45, 7) is -1.55. The van der Waals surface area contributed by atoms with Gasteiger partial charge in [0.15, 0.2) is 0 Å². The van der Waals surface area contributed by atoms with Crippen LogP contribution in [0, 0.1) is 0 Å². The van der Waals surface area contributed by atoms with Gasteiger partial charge in [0.05, 0.1) is 0 Å². The molecule has 0 aliphatic carbocycles. The number of pyridine rings is 2. The maximum absolute atomic E-state index is 12.9. The lowest BCUT2D eigenvalue weighted by Crippen LogP contribution is -2.33. The van der Waals surface area contributed by atoms with E-state index in [4.69, 9.17) is 0 Å². The van der Waals surface area contributed by atoms with E-state index in [1.54, 1.807) is 18.2 Å². The molecule has 3 rings (SSSR count). The number of nitrogens with one attached hydrogen (secondary N) is 1. The molecule has 1 N–H and O–H groups in total. The number of alkyl halides is 3. The van der Waals surface area contributed by atoms with Gasteiger partial charge in [-0.1, -0.05) is 18.2 Å². The SMILES string of the molecule is O=C(Nc1ccncc1)c1cc2ccccc2c(=O)n1CC(F)(F)F. The van der Waals surface area contributed by atoms with E-state index in [2.05, 4.69) is 10.3 Å². The lowest BCUT2D eigenvalue weighted by Gasteiger charge is -2.16. The molecule has 8 heteroatoms. The highest BCUT2D eigenvalue weighted by molar-refractivity contribution is 6.05. The molecule has 0 saturated carbocycles. The molecule has 0 fully saturated rings. The van der Waals surface area contributed by atoms with Crippen molar-refractivity contribution >= 4 is 22.4 Å². The van der Waals surface area contributed by atoms with Crippen LogP contribution in [0.15, 0.2) is 59.7 Å². The van der Waals surface area contributed by atoms with Crippen molar-refractivity contribution in [2.24, 2.45) is 0 Å². The average Bonchev–Trinajstić information content (AvgIpc) is 2.57. The molecule has 0 spiro atoms. The van der Waals surface area contributed by atoms with E-state index in [0.29, 0.717) is 15.6 Å². The topological polar surface area (TPSA) is 64.0 Å². The monoisotopic (exact) mass is 347 g/mol. The number of halogens is 3. The van der Waals surface area contributed by atoms with Crippen molar-refractivity contribution in [3.8, 4) is 0 Å². The van der Waals surface area contributed by atoms with Gasteiger partial charge in [-0.2, -0.15) is 13.2 Å². The molecule has 0 radical (unpaired) electrons. The molecule has 3 aromatic rings. The summed E-state index contributed by atoms with van der Waals surface area (Å²) >= 11 is 0. The number of aromatic nitrogens is 2. The predicted octanol–water partition coefficient (Wildman–Crippen LogP) is 3.21. The number of anilines is 1. The highest BCUT2D eigenvalue weighted by Gasteiger charge is 2.31. The van der Waals surface area contributed by atoms with Crippen LogP contribution in [0.4, 0.5) is 18.9 Å². The van der Waals surface area contributed by atoms with Gasteiger partial charge < -0.3 is 5.32 Å². The van der Waals surface area contributed by atoms with Crippen LogP contribution in [0.1, 0.15) is 10.5 Å². The van der Waals surface area contributed by atoms with Crippen molar-refractivity contribution in [1.82, 2.24) is 9.55 Å². The summed E-state index contributed by atoms with van der Waals surface area (Å²) in [6.07, 6.45) is -1.78. The molecule has 25 heavy (non-hydrogen) atoms. The number of hydrogen-bond acceptors (Lipinski definition) is 3. The third-order valence-corrected chi connectivity index (χ3v) is 3.53. The first-order chi connectivity index (χ1) is 11.8. The van der Waals surface area contributed by atoms with Crippen LogP contribution < -0.4 is 10.9 Å². The Morgan fingerprint density at radius 3 is 2.48 bits per heavy atom. The Kier molecular flexibility index (Phi) is 4.26. The van der Waals surface area contributed by atoms with Gasteiger partial charge in [0.25, 0.3) is 11.5 Å². The molecule has 128 valence electrons. The summed E-state index contributed by atoms with van der Waals surface area (Å²) in [6, 6.07) is 10.4. The lowest BCUT2D eigenvalue weighted by atomic mass is 10.1. The van der Waals surface area contributed by atoms with Crippen LogP contribution >= 0.6 is 0 Å². The first kappa shape index (κ1) is 16.7. The molecule has 0 bridgehead atoms. The number of carbonyl (C=O) groups is 1.